The number of aromatic nitrogens is 3. The highest BCUT2D eigenvalue weighted by Gasteiger charge is 2.53. The van der Waals surface area contributed by atoms with E-state index in [9.17, 15) is 35.1 Å². The number of nitrogens with zero attached hydrogens (tertiary/aromatic N) is 4. The number of aliphatic hydroxyl groups excluding tert-OH is 3. The number of likely N-dealkylation sites (N-methyl/N-ethyl adjacent to an activating group) is 2. The fourth-order valence-electron chi connectivity index (χ4n) is 11.8. The van der Waals surface area contributed by atoms with Crippen LogP contribution in [-0.4, -0.2) is 181 Å². The number of nitrogens with one attached hydrogen (secondary N) is 2. The molecule has 20 nitrogen and oxygen atoms in total. The van der Waals surface area contributed by atoms with Crippen LogP contribution in [0, 0.1) is 17.8 Å². The lowest BCUT2D eigenvalue weighted by atomic mass is 9.77. The number of benzene rings is 1. The summed E-state index contributed by atoms with van der Waals surface area (Å²) in [5, 5.41) is 76.2. The van der Waals surface area contributed by atoms with Gasteiger partial charge >= 0.3 is 5.97 Å². The van der Waals surface area contributed by atoms with E-state index in [1.54, 1.807) is 47.0 Å². The summed E-state index contributed by atoms with van der Waals surface area (Å²) in [6.07, 6.45) is -0.824. The second kappa shape index (κ2) is 27.6. The number of esters is 1. The molecule has 1 unspecified atom stereocenters. The molecule has 3 fully saturated rings. The molecule has 3 aliphatic rings. The first-order valence-electron chi connectivity index (χ1n) is 27.5. The lowest BCUT2D eigenvalue weighted by molar-refractivity contribution is -0.753. The first-order chi connectivity index (χ1) is 35.3. The number of rotatable bonds is 19. The van der Waals surface area contributed by atoms with Crippen molar-refractivity contribution in [2.75, 3.05) is 27.7 Å². The number of H-pyrrole nitrogens is 1. The molecule has 0 spiro atoms. The van der Waals surface area contributed by atoms with Gasteiger partial charge in [-0.3, -0.25) is 19.7 Å². The Labute approximate surface area is 445 Å². The molecule has 75 heavy (non-hydrogen) atoms. The van der Waals surface area contributed by atoms with Gasteiger partial charge in [-0.05, 0) is 125 Å². The van der Waals surface area contributed by atoms with Crippen molar-refractivity contribution in [1.82, 2.24) is 25.6 Å². The third-order valence-electron chi connectivity index (χ3n) is 16.5. The molecule has 0 aliphatic carbocycles. The molecule has 1 aromatic carbocycles. The zero-order valence-corrected chi connectivity index (χ0v) is 47.2. The number of hydrogen-bond donors (Lipinski definition) is 8. The van der Waals surface area contributed by atoms with E-state index in [-0.39, 0.29) is 37.2 Å². The number of unbranched alkanes of at least 4 members (excludes halogenated alkanes) is 5. The highest BCUT2D eigenvalue weighted by atomic mass is 16.7. The first kappa shape index (κ1) is 62.6. The van der Waals surface area contributed by atoms with Gasteiger partial charge in [0.2, 0.25) is 11.6 Å². The number of ether oxygens (including phenoxy) is 6. The van der Waals surface area contributed by atoms with Gasteiger partial charge in [0.1, 0.15) is 36.6 Å². The van der Waals surface area contributed by atoms with Gasteiger partial charge in [0.25, 0.3) is 0 Å². The fourth-order valence-corrected chi connectivity index (χ4v) is 11.8. The maximum absolute atomic E-state index is 14.5. The zero-order chi connectivity index (χ0) is 55.6. The molecule has 18 atom stereocenters. The third-order valence-corrected chi connectivity index (χ3v) is 16.5. The Morgan fingerprint density at radius 1 is 0.947 bits per heavy atom. The van der Waals surface area contributed by atoms with Crippen LogP contribution in [0.5, 0.6) is 0 Å². The Balaban J connectivity index is 1.36. The first-order valence-corrected chi connectivity index (χ1v) is 27.5. The van der Waals surface area contributed by atoms with Crippen molar-refractivity contribution in [1.29, 1.82) is 0 Å². The molecule has 428 valence electrons. The van der Waals surface area contributed by atoms with Gasteiger partial charge in [-0.1, -0.05) is 57.4 Å². The van der Waals surface area contributed by atoms with Crippen LogP contribution in [0.2, 0.25) is 0 Å². The highest BCUT2D eigenvalue weighted by Crippen LogP contribution is 2.40. The van der Waals surface area contributed by atoms with Crippen LogP contribution in [0.4, 0.5) is 0 Å². The minimum Gasteiger partial charge on any atom is -0.459 e. The average molecular weight is 1060 g/mol. The molecule has 0 saturated carbocycles. The summed E-state index contributed by atoms with van der Waals surface area (Å²) in [6.45, 7) is 19.3. The van der Waals surface area contributed by atoms with Crippen LogP contribution < -0.4 is 10.2 Å². The van der Waals surface area contributed by atoms with Crippen LogP contribution in [0.1, 0.15) is 145 Å². The molecular formula is C55H95N6O14+. The SMILES string of the molecule is CC[C@H]1OC(=O)[C@H](C)[C@@H](OC2C[C@@](C)(OC)[C@@H](O)[C@H](C)O2)[C@H](C)[C@@H](O[C@@H]2O[C@H](C)C[C@H](N(C)Cc3ccc(-c4c[n+](CCCCCCCCC(=O)NO)[nH]n4)cc3)[C@H]2O)[C@](C)(O)C[C@@H](C)CN(C)[C@H](C)[C@@H](O)[C@]1(C)O. The third kappa shape index (κ3) is 16.2. The van der Waals surface area contributed by atoms with Gasteiger partial charge < -0.3 is 58.9 Å². The number of methoxy groups -OCH3 is 1. The summed E-state index contributed by atoms with van der Waals surface area (Å²) in [7, 11) is 5.30. The van der Waals surface area contributed by atoms with Crippen molar-refractivity contribution < 1.29 is 73.4 Å². The number of aromatic amines is 1. The predicted octanol–water partition coefficient (Wildman–Crippen LogP) is 4.38. The van der Waals surface area contributed by atoms with E-state index < -0.39 is 102 Å². The number of amides is 1. The molecule has 4 heterocycles. The van der Waals surface area contributed by atoms with E-state index in [1.165, 1.54) is 14.0 Å². The van der Waals surface area contributed by atoms with E-state index in [4.69, 9.17) is 33.6 Å². The number of carbonyl (C=O) groups is 2. The summed E-state index contributed by atoms with van der Waals surface area (Å²) in [5.41, 5.74) is -0.0526. The van der Waals surface area contributed by atoms with Gasteiger partial charge in [0.15, 0.2) is 18.8 Å². The predicted molar refractivity (Wildman–Crippen MR) is 278 cm³/mol. The van der Waals surface area contributed by atoms with Crippen molar-refractivity contribution in [2.45, 2.75) is 243 Å². The van der Waals surface area contributed by atoms with Crippen molar-refractivity contribution in [3.63, 3.8) is 0 Å². The van der Waals surface area contributed by atoms with Gasteiger partial charge in [-0.25, -0.2) is 5.48 Å². The molecular weight excluding hydrogens is 969 g/mol. The summed E-state index contributed by atoms with van der Waals surface area (Å²) in [4.78, 5) is 29.7. The molecule has 8 N–H and O–H groups in total. The van der Waals surface area contributed by atoms with Gasteiger partial charge in [-0.15, -0.1) is 0 Å². The molecule has 2 aromatic rings. The van der Waals surface area contributed by atoms with Gasteiger partial charge in [0, 0.05) is 61.7 Å². The Morgan fingerprint density at radius 3 is 2.24 bits per heavy atom. The summed E-state index contributed by atoms with van der Waals surface area (Å²) in [5.74, 6) is -3.12. The van der Waals surface area contributed by atoms with Crippen LogP contribution in [0.3, 0.4) is 0 Å². The standard InChI is InChI=1S/C55H94N6O14/c1-14-43-55(10,68)48(64)37(6)59(11)30-33(2)28-53(8,67)50(35(4)47(36(5)51(66)73-43)74-45-29-54(9,70-13)49(65)38(7)72-45)75-52-46(63)42(27-34(3)71-52)60(12)31-39-22-24-40(25-23-39)41-32-61(58-56-41)26-20-18-16-15-17-19-21-44(62)57-69/h22-25,32-38,42-43,45-50,52,63-65,67-68H,14-21,26-31H2,1-13H3,(H2,56,57,58,62,69)/p+1/t33-,34-,35+,36-,37-,38+,42+,43-,45?,46-,47+,48-,49+,50-,52+,53-,54-,55-/m1/s1. The van der Waals surface area contributed by atoms with Gasteiger partial charge in [-0.2, -0.15) is 4.68 Å². The largest absolute Gasteiger partial charge is 0.459 e. The monoisotopic (exact) mass is 1060 g/mol. The lowest BCUT2D eigenvalue weighted by Gasteiger charge is -2.49. The Bertz CT molecular complexity index is 2060. The van der Waals surface area contributed by atoms with Crippen LogP contribution in [0.25, 0.3) is 11.3 Å². The maximum Gasteiger partial charge on any atom is 0.311 e. The second-order valence-electron chi connectivity index (χ2n) is 23.1. The van der Waals surface area contributed by atoms with Crippen molar-refractivity contribution in [3.8, 4) is 11.3 Å². The zero-order valence-electron chi connectivity index (χ0n) is 47.2. The molecule has 1 aromatic heterocycles. The molecule has 1 amide bonds. The quantitative estimate of drug-likeness (QED) is 0.0319. The Hall–Kier alpha value is -3.22. The lowest BCUT2D eigenvalue weighted by Crippen LogP contribution is -2.60. The molecule has 20 heteroatoms. The normalized spacial score (nSPS) is 37.9. The van der Waals surface area contributed by atoms with Crippen LogP contribution >= 0.6 is 0 Å². The maximum atomic E-state index is 14.5. The second-order valence-corrected chi connectivity index (χ2v) is 23.1. The minimum atomic E-state index is -1.84. The van der Waals surface area contributed by atoms with Crippen molar-refractivity contribution in [2.24, 2.45) is 17.8 Å². The van der Waals surface area contributed by atoms with Crippen molar-refractivity contribution in [3.05, 3.63) is 36.0 Å². The summed E-state index contributed by atoms with van der Waals surface area (Å²) in [6, 6.07) is 7.18. The number of carbonyl (C=O) groups excluding carboxylic acids is 2. The minimum absolute atomic E-state index is 0.102. The van der Waals surface area contributed by atoms with Gasteiger partial charge in [0.05, 0.1) is 41.5 Å². The summed E-state index contributed by atoms with van der Waals surface area (Å²) < 4.78 is 40.4. The molecule has 0 radical (unpaired) electrons. The van der Waals surface area contributed by atoms with Crippen molar-refractivity contribution >= 4 is 11.9 Å². The van der Waals surface area contributed by atoms with E-state index in [0.717, 1.165) is 61.9 Å². The Kier molecular flexibility index (Phi) is 23.0. The number of aryl methyl sites for hydroxylation is 1. The number of aliphatic hydroxyl groups is 5. The smallest absolute Gasteiger partial charge is 0.311 e. The van der Waals surface area contributed by atoms with E-state index in [0.29, 0.717) is 25.9 Å². The van der Waals surface area contributed by atoms with Crippen LogP contribution in [0.15, 0.2) is 30.5 Å². The molecule has 3 aliphatic heterocycles. The van der Waals surface area contributed by atoms with Crippen LogP contribution in [-0.2, 0) is 51.1 Å². The van der Waals surface area contributed by atoms with E-state index in [2.05, 4.69) is 27.3 Å². The number of cyclic esters (lactones) is 1. The molecule has 5 rings (SSSR count). The summed E-state index contributed by atoms with van der Waals surface area (Å²) >= 11 is 0. The number of hydroxylamine groups is 1. The topological polar surface area (TPSA) is 262 Å². The Morgan fingerprint density at radius 2 is 1.60 bits per heavy atom. The highest BCUT2D eigenvalue weighted by molar-refractivity contribution is 5.74. The molecule has 0 bridgehead atoms. The fraction of sp³-hybridized carbons (Fsp3) is 0.818. The average Bonchev–Trinajstić information content (AvgIpc) is 3.84. The number of hydrogen-bond acceptors (Lipinski definition) is 17. The molecule has 3 saturated heterocycles. The van der Waals surface area contributed by atoms with E-state index >= 15 is 0 Å². The van der Waals surface area contributed by atoms with E-state index in [1.807, 2.05) is 62.8 Å².